The van der Waals surface area contributed by atoms with Crippen molar-refractivity contribution in [1.29, 1.82) is 0 Å². The minimum Gasteiger partial charge on any atom is -0.383 e. The molecule has 2 aromatic carbocycles. The second-order valence-corrected chi connectivity index (χ2v) is 8.66. The van der Waals surface area contributed by atoms with Gasteiger partial charge in [-0.2, -0.15) is 8.42 Å². The maximum atomic E-state index is 12.7. The number of nitrogens with one attached hydrogen (secondary N) is 1. The number of halogens is 1. The van der Waals surface area contributed by atoms with E-state index in [2.05, 4.69) is 5.32 Å². The zero-order valence-electron chi connectivity index (χ0n) is 15.5. The van der Waals surface area contributed by atoms with Crippen molar-refractivity contribution in [3.8, 4) is 5.75 Å². The molecule has 2 amide bonds. The Hall–Kier alpha value is -2.25. The van der Waals surface area contributed by atoms with Crippen LogP contribution in [0.2, 0.25) is 5.02 Å². The second kappa shape index (κ2) is 9.10. The Labute approximate surface area is 165 Å². The zero-order chi connectivity index (χ0) is 20.0. The van der Waals surface area contributed by atoms with E-state index in [1.807, 2.05) is 19.9 Å². The normalized spacial score (nSPS) is 11.3. The molecule has 0 atom stereocenters. The van der Waals surface area contributed by atoms with Gasteiger partial charge >= 0.3 is 16.1 Å². The minimum atomic E-state index is -3.61. The van der Waals surface area contributed by atoms with E-state index in [1.54, 1.807) is 47.4 Å². The molecule has 0 aliphatic rings. The van der Waals surface area contributed by atoms with E-state index in [-0.39, 0.29) is 17.7 Å². The van der Waals surface area contributed by atoms with Crippen LogP contribution in [-0.2, 0) is 16.7 Å². The van der Waals surface area contributed by atoms with Crippen LogP contribution in [0, 0.1) is 5.92 Å². The van der Waals surface area contributed by atoms with Crippen LogP contribution in [0.15, 0.2) is 48.5 Å². The van der Waals surface area contributed by atoms with Gasteiger partial charge in [-0.3, -0.25) is 0 Å². The predicted molar refractivity (Wildman–Crippen MR) is 108 cm³/mol. The van der Waals surface area contributed by atoms with Gasteiger partial charge in [0, 0.05) is 23.8 Å². The van der Waals surface area contributed by atoms with Gasteiger partial charge in [0.15, 0.2) is 0 Å². The molecule has 0 saturated heterocycles. The van der Waals surface area contributed by atoms with Gasteiger partial charge in [-0.1, -0.05) is 43.6 Å². The van der Waals surface area contributed by atoms with E-state index in [1.165, 1.54) is 0 Å². The lowest BCUT2D eigenvalue weighted by Crippen LogP contribution is -2.37. The molecule has 146 valence electrons. The van der Waals surface area contributed by atoms with Gasteiger partial charge in [-0.25, -0.2) is 4.79 Å². The lowest BCUT2D eigenvalue weighted by Gasteiger charge is -2.25. The number of anilines is 1. The summed E-state index contributed by atoms with van der Waals surface area (Å²) in [5, 5.41) is 3.37. The Balaban J connectivity index is 2.16. The number of amides is 2. The van der Waals surface area contributed by atoms with Gasteiger partial charge in [0.05, 0.1) is 6.26 Å². The summed E-state index contributed by atoms with van der Waals surface area (Å²) in [6.07, 6.45) is 0.989. The Morgan fingerprint density at radius 3 is 2.52 bits per heavy atom. The number of carbonyl (C=O) groups excluding carboxylic acids is 1. The molecule has 0 radical (unpaired) electrons. The highest BCUT2D eigenvalue weighted by molar-refractivity contribution is 7.86. The summed E-state index contributed by atoms with van der Waals surface area (Å²) in [6.45, 7) is 4.88. The molecule has 0 aromatic heterocycles. The van der Waals surface area contributed by atoms with Gasteiger partial charge < -0.3 is 14.4 Å². The van der Waals surface area contributed by atoms with Gasteiger partial charge in [-0.15, -0.1) is 0 Å². The maximum Gasteiger partial charge on any atom is 0.322 e. The van der Waals surface area contributed by atoms with Crippen LogP contribution in [0.25, 0.3) is 0 Å². The third-order valence-corrected chi connectivity index (χ3v) is 4.20. The van der Waals surface area contributed by atoms with Crippen LogP contribution in [0.5, 0.6) is 5.75 Å². The van der Waals surface area contributed by atoms with Gasteiger partial charge in [0.2, 0.25) is 0 Å². The molecule has 27 heavy (non-hydrogen) atoms. The molecule has 0 fully saturated rings. The predicted octanol–water partition coefficient (Wildman–Crippen LogP) is 4.37. The second-order valence-electron chi connectivity index (χ2n) is 6.65. The third-order valence-electron chi connectivity index (χ3n) is 3.47. The van der Waals surface area contributed by atoms with Crippen LogP contribution < -0.4 is 9.50 Å². The molecule has 0 heterocycles. The summed E-state index contributed by atoms with van der Waals surface area (Å²) >= 11 is 5.96. The van der Waals surface area contributed by atoms with E-state index >= 15 is 0 Å². The summed E-state index contributed by atoms with van der Waals surface area (Å²) in [5.41, 5.74) is 1.37. The van der Waals surface area contributed by atoms with Crippen LogP contribution >= 0.6 is 11.6 Å². The molecule has 0 unspecified atom stereocenters. The van der Waals surface area contributed by atoms with Crippen molar-refractivity contribution >= 4 is 33.4 Å². The van der Waals surface area contributed by atoms with E-state index in [4.69, 9.17) is 15.8 Å². The zero-order valence-corrected chi connectivity index (χ0v) is 17.0. The Kier molecular flexibility index (Phi) is 7.10. The molecule has 0 aliphatic carbocycles. The molecular formula is C19H23ClN2O4S. The monoisotopic (exact) mass is 410 g/mol. The highest BCUT2D eigenvalue weighted by Crippen LogP contribution is 2.19. The van der Waals surface area contributed by atoms with E-state index in [0.717, 1.165) is 11.8 Å². The molecule has 2 aromatic rings. The smallest absolute Gasteiger partial charge is 0.322 e. The summed E-state index contributed by atoms with van der Waals surface area (Å²) in [5.74, 6) is 0.473. The van der Waals surface area contributed by atoms with Crippen molar-refractivity contribution in [2.24, 2.45) is 5.92 Å². The molecule has 0 spiro atoms. The SMILES string of the molecule is CC(C)CN(Cc1cccc(OS(C)(=O)=O)c1)C(=O)Nc1cccc(Cl)c1. The van der Waals surface area contributed by atoms with Crippen LogP contribution in [-0.4, -0.2) is 32.1 Å². The van der Waals surface area contributed by atoms with Crippen LogP contribution in [0.3, 0.4) is 0 Å². The third kappa shape index (κ3) is 7.48. The van der Waals surface area contributed by atoms with E-state index < -0.39 is 10.1 Å². The molecule has 0 aliphatic heterocycles. The first-order chi connectivity index (χ1) is 12.6. The topological polar surface area (TPSA) is 75.7 Å². The van der Waals surface area contributed by atoms with Gasteiger partial charge in [0.25, 0.3) is 0 Å². The lowest BCUT2D eigenvalue weighted by atomic mass is 10.1. The summed E-state index contributed by atoms with van der Waals surface area (Å²) in [6, 6.07) is 13.3. The number of hydrogen-bond donors (Lipinski definition) is 1. The number of urea groups is 1. The molecular weight excluding hydrogens is 388 g/mol. The summed E-state index contributed by atoms with van der Waals surface area (Å²) in [7, 11) is -3.61. The van der Waals surface area contributed by atoms with E-state index in [0.29, 0.717) is 23.8 Å². The fraction of sp³-hybridized carbons (Fsp3) is 0.316. The number of nitrogens with zero attached hydrogens (tertiary/aromatic N) is 1. The number of rotatable bonds is 7. The molecule has 2 rings (SSSR count). The average Bonchev–Trinajstić information content (AvgIpc) is 2.52. The largest absolute Gasteiger partial charge is 0.383 e. The molecule has 0 bridgehead atoms. The number of carbonyl (C=O) groups is 1. The first-order valence-corrected chi connectivity index (χ1v) is 10.6. The van der Waals surface area contributed by atoms with Crippen molar-refractivity contribution in [3.63, 3.8) is 0 Å². The highest BCUT2D eigenvalue weighted by atomic mass is 35.5. The van der Waals surface area contributed by atoms with Crippen molar-refractivity contribution in [2.75, 3.05) is 18.1 Å². The van der Waals surface area contributed by atoms with Gasteiger partial charge in [0.1, 0.15) is 5.75 Å². The standard InChI is InChI=1S/C19H23ClN2O4S/c1-14(2)12-22(19(23)21-17-8-5-7-16(20)11-17)13-15-6-4-9-18(10-15)26-27(3,24)25/h4-11,14H,12-13H2,1-3H3,(H,21,23). The molecule has 8 heteroatoms. The number of benzene rings is 2. The highest BCUT2D eigenvalue weighted by Gasteiger charge is 2.16. The molecule has 0 saturated carbocycles. The minimum absolute atomic E-state index is 0.217. The Morgan fingerprint density at radius 1 is 1.19 bits per heavy atom. The van der Waals surface area contributed by atoms with Crippen molar-refractivity contribution in [1.82, 2.24) is 4.90 Å². The first-order valence-electron chi connectivity index (χ1n) is 8.42. The molecule has 6 nitrogen and oxygen atoms in total. The van der Waals surface area contributed by atoms with Crippen molar-refractivity contribution in [3.05, 3.63) is 59.1 Å². The fourth-order valence-corrected chi connectivity index (χ4v) is 3.16. The van der Waals surface area contributed by atoms with Gasteiger partial charge in [-0.05, 0) is 41.8 Å². The van der Waals surface area contributed by atoms with Crippen LogP contribution in [0.1, 0.15) is 19.4 Å². The Bertz CT molecular complexity index is 900. The first kappa shape index (κ1) is 21.1. The maximum absolute atomic E-state index is 12.7. The van der Waals surface area contributed by atoms with Crippen LogP contribution in [0.4, 0.5) is 10.5 Å². The average molecular weight is 411 g/mol. The number of hydrogen-bond acceptors (Lipinski definition) is 4. The quantitative estimate of drug-likeness (QED) is 0.687. The molecule has 1 N–H and O–H groups in total. The summed E-state index contributed by atoms with van der Waals surface area (Å²) in [4.78, 5) is 14.4. The van der Waals surface area contributed by atoms with E-state index in [9.17, 15) is 13.2 Å². The summed E-state index contributed by atoms with van der Waals surface area (Å²) < 4.78 is 27.5. The lowest BCUT2D eigenvalue weighted by molar-refractivity contribution is 0.201. The fourth-order valence-electron chi connectivity index (χ4n) is 2.52. The van der Waals surface area contributed by atoms with Crippen molar-refractivity contribution in [2.45, 2.75) is 20.4 Å². The van der Waals surface area contributed by atoms with Crippen molar-refractivity contribution < 1.29 is 17.4 Å². The Morgan fingerprint density at radius 2 is 1.89 bits per heavy atom.